The Hall–Kier alpha value is -1.08. The molecule has 64 heavy (non-hydrogen) atoms. The van der Waals surface area contributed by atoms with E-state index in [9.17, 15) is 9.36 Å². The molecule has 0 aromatic carbocycles. The van der Waals surface area contributed by atoms with Gasteiger partial charge in [-0.2, -0.15) is 0 Å². The first-order chi connectivity index (χ1) is 31.1. The van der Waals surface area contributed by atoms with Gasteiger partial charge in [-0.1, -0.05) is 99.5 Å². The average molecular weight is 939 g/mol. The van der Waals surface area contributed by atoms with Crippen LogP contribution in [0.5, 0.6) is 0 Å². The van der Waals surface area contributed by atoms with E-state index < -0.39 is 69.1 Å². The highest BCUT2D eigenvalue weighted by Gasteiger charge is 2.52. The van der Waals surface area contributed by atoms with Crippen LogP contribution >= 0.6 is 7.82 Å². The molecule has 17 heteroatoms. The Morgan fingerprint density at radius 3 is 1.72 bits per heavy atom. The van der Waals surface area contributed by atoms with Crippen LogP contribution in [0.3, 0.4) is 0 Å². The standard InChI is InChI=1S/C47H91N2O14P/c1-10-18-26-52-34-37-43(63-64(51,59-31-23-15-6)60-32-24-16-7)44(55-29-21-13-4)40(48)46(61-37)58-35-38-42(54-28-20-12-3)45(56-30-22-14-5)41(47(62-38)57-25-17-8)49-39(50)33-36(9)53-27-19-11-2/h17,36-38,40-47H,8,10-16,18-35,48H2,1-7,9H3,(H,49,50)/t36-,37?,38?,40?,41?,42?,43?,44?,45?,46?,47?/m1/s1. The Kier molecular flexibility index (Phi) is 33.2. The van der Waals surface area contributed by atoms with Crippen LogP contribution < -0.4 is 11.1 Å². The lowest BCUT2D eigenvalue weighted by Crippen LogP contribution is -2.67. The molecule has 11 atom stereocenters. The van der Waals surface area contributed by atoms with E-state index in [2.05, 4.69) is 46.5 Å². The van der Waals surface area contributed by atoms with Gasteiger partial charge in [-0.25, -0.2) is 4.57 Å². The van der Waals surface area contributed by atoms with Gasteiger partial charge in [0, 0.05) is 33.0 Å². The summed E-state index contributed by atoms with van der Waals surface area (Å²) in [6.07, 6.45) is 6.61. The molecule has 0 saturated carbocycles. The van der Waals surface area contributed by atoms with Crippen LogP contribution in [0.4, 0.5) is 0 Å². The number of unbranched alkanes of at least 4 members (excludes halogenated alkanes) is 7. The smallest absolute Gasteiger partial charge is 0.379 e. The van der Waals surface area contributed by atoms with E-state index in [-0.39, 0.29) is 51.5 Å². The fourth-order valence-electron chi connectivity index (χ4n) is 7.05. The molecular weight excluding hydrogens is 847 g/mol. The van der Waals surface area contributed by atoms with Crippen LogP contribution in [-0.2, 0) is 65.6 Å². The summed E-state index contributed by atoms with van der Waals surface area (Å²) in [6, 6.07) is -1.63. The van der Waals surface area contributed by atoms with Gasteiger partial charge in [0.2, 0.25) is 5.91 Å². The number of hydrogen-bond acceptors (Lipinski definition) is 15. The largest absolute Gasteiger partial charge is 0.475 e. The summed E-state index contributed by atoms with van der Waals surface area (Å²) in [5, 5.41) is 3.17. The van der Waals surface area contributed by atoms with Crippen molar-refractivity contribution >= 4 is 13.7 Å². The fourth-order valence-corrected chi connectivity index (χ4v) is 8.50. The SMILES string of the molecule is C=CCOC1OC(COC2OC(COCCCC)C(OP(=O)(OCCCC)OCCCC)C(OCCCC)C2N)C(OCCCC)C(OCCCC)C1NC(=O)C[C@@H](C)OCCCC. The maximum atomic E-state index is 14.3. The van der Waals surface area contributed by atoms with E-state index in [1.165, 1.54) is 0 Å². The van der Waals surface area contributed by atoms with Crippen molar-refractivity contribution in [3.8, 4) is 0 Å². The molecule has 0 aliphatic carbocycles. The number of phosphoric ester groups is 1. The van der Waals surface area contributed by atoms with Gasteiger partial charge in [0.1, 0.15) is 42.7 Å². The number of amides is 1. The molecule has 2 aliphatic rings. The molecule has 0 aromatic heterocycles. The van der Waals surface area contributed by atoms with Crippen LogP contribution in [-0.4, -0.2) is 139 Å². The Labute approximate surface area is 387 Å². The van der Waals surface area contributed by atoms with E-state index in [0.29, 0.717) is 45.9 Å². The third-order valence-corrected chi connectivity index (χ3v) is 12.4. The second-order valence-corrected chi connectivity index (χ2v) is 18.5. The Balaban J connectivity index is 2.53. The summed E-state index contributed by atoms with van der Waals surface area (Å²) in [7, 11) is -4.10. The van der Waals surface area contributed by atoms with Gasteiger partial charge >= 0.3 is 7.82 Å². The molecule has 10 unspecified atom stereocenters. The lowest BCUT2D eigenvalue weighted by atomic mass is 9.95. The van der Waals surface area contributed by atoms with Crippen LogP contribution in [0.25, 0.3) is 0 Å². The summed E-state index contributed by atoms with van der Waals surface area (Å²) in [6.45, 7) is 23.2. The predicted molar refractivity (Wildman–Crippen MR) is 248 cm³/mol. The van der Waals surface area contributed by atoms with Crippen molar-refractivity contribution < 1.29 is 65.6 Å². The summed E-state index contributed by atoms with van der Waals surface area (Å²) in [5.74, 6) is -0.216. The quantitative estimate of drug-likeness (QED) is 0.0338. The Morgan fingerprint density at radius 1 is 0.641 bits per heavy atom. The second-order valence-electron chi connectivity index (χ2n) is 16.8. The van der Waals surface area contributed by atoms with Gasteiger partial charge in [0.05, 0.1) is 51.6 Å². The van der Waals surface area contributed by atoms with E-state index in [4.69, 9.17) is 61.9 Å². The molecule has 1 amide bonds. The molecule has 16 nitrogen and oxygen atoms in total. The van der Waals surface area contributed by atoms with Crippen molar-refractivity contribution in [2.45, 2.75) is 219 Å². The van der Waals surface area contributed by atoms with E-state index in [1.54, 1.807) is 6.08 Å². The van der Waals surface area contributed by atoms with Crippen molar-refractivity contribution in [3.05, 3.63) is 12.7 Å². The summed E-state index contributed by atoms with van der Waals surface area (Å²) in [5.41, 5.74) is 7.04. The van der Waals surface area contributed by atoms with Crippen LogP contribution in [0.15, 0.2) is 12.7 Å². The third-order valence-electron chi connectivity index (χ3n) is 10.9. The van der Waals surface area contributed by atoms with Gasteiger partial charge in [0.15, 0.2) is 12.6 Å². The molecule has 2 rings (SSSR count). The Morgan fingerprint density at radius 2 is 1.14 bits per heavy atom. The zero-order valence-corrected chi connectivity index (χ0v) is 41.9. The molecular formula is C47H91N2O14P. The Bertz CT molecular complexity index is 1210. The number of rotatable bonds is 40. The predicted octanol–water partition coefficient (Wildman–Crippen LogP) is 8.56. The van der Waals surface area contributed by atoms with Crippen LogP contribution in [0.1, 0.15) is 152 Å². The maximum Gasteiger partial charge on any atom is 0.475 e. The zero-order chi connectivity index (χ0) is 47.0. The number of carbonyl (C=O) groups excluding carboxylic acids is 1. The summed E-state index contributed by atoms with van der Waals surface area (Å²) < 4.78 is 90.5. The average Bonchev–Trinajstić information content (AvgIpc) is 3.27. The minimum atomic E-state index is -4.10. The number of hydrogen-bond donors (Lipinski definition) is 2. The number of nitrogens with one attached hydrogen (secondary N) is 1. The van der Waals surface area contributed by atoms with Crippen LogP contribution in [0.2, 0.25) is 0 Å². The van der Waals surface area contributed by atoms with Gasteiger partial charge < -0.3 is 53.7 Å². The first-order valence-electron chi connectivity index (χ1n) is 24.9. The van der Waals surface area contributed by atoms with Crippen molar-refractivity contribution in [1.29, 1.82) is 0 Å². The molecule has 0 spiro atoms. The molecule has 2 aliphatic heterocycles. The van der Waals surface area contributed by atoms with E-state index in [1.807, 2.05) is 20.8 Å². The third kappa shape index (κ3) is 22.4. The highest BCUT2D eigenvalue weighted by atomic mass is 31.2. The molecule has 0 aromatic rings. The zero-order valence-electron chi connectivity index (χ0n) is 41.1. The van der Waals surface area contributed by atoms with Gasteiger partial charge in [-0.15, -0.1) is 6.58 Å². The number of nitrogens with two attached hydrogens (primary N) is 1. The minimum absolute atomic E-state index is 0.0465. The first-order valence-corrected chi connectivity index (χ1v) is 26.3. The van der Waals surface area contributed by atoms with Crippen molar-refractivity contribution in [2.75, 3.05) is 66.1 Å². The molecule has 2 heterocycles. The number of carbonyl (C=O) groups is 1. The van der Waals surface area contributed by atoms with Crippen molar-refractivity contribution in [1.82, 2.24) is 5.32 Å². The normalized spacial score (nSPS) is 26.8. The number of phosphoric acid groups is 1. The van der Waals surface area contributed by atoms with Crippen molar-refractivity contribution in [2.24, 2.45) is 5.73 Å². The molecule has 2 fully saturated rings. The topological polar surface area (TPSA) is 183 Å². The second kappa shape index (κ2) is 36.0. The lowest BCUT2D eigenvalue weighted by Gasteiger charge is -2.48. The highest BCUT2D eigenvalue weighted by Crippen LogP contribution is 2.53. The molecule has 3 N–H and O–H groups in total. The fraction of sp³-hybridized carbons (Fsp3) is 0.936. The summed E-state index contributed by atoms with van der Waals surface area (Å²) >= 11 is 0. The van der Waals surface area contributed by atoms with Crippen molar-refractivity contribution in [3.63, 3.8) is 0 Å². The molecule has 0 radical (unpaired) electrons. The first kappa shape index (κ1) is 59.0. The molecule has 378 valence electrons. The van der Waals surface area contributed by atoms with E-state index in [0.717, 1.165) is 77.0 Å². The minimum Gasteiger partial charge on any atom is -0.379 e. The van der Waals surface area contributed by atoms with E-state index >= 15 is 0 Å². The lowest BCUT2D eigenvalue weighted by molar-refractivity contribution is -0.310. The summed E-state index contributed by atoms with van der Waals surface area (Å²) in [4.78, 5) is 13.6. The maximum absolute atomic E-state index is 14.3. The van der Waals surface area contributed by atoms with Gasteiger partial charge in [0.25, 0.3) is 0 Å². The van der Waals surface area contributed by atoms with Gasteiger partial charge in [-0.3, -0.25) is 18.4 Å². The number of ether oxygens (including phenoxy) is 9. The monoisotopic (exact) mass is 939 g/mol. The molecule has 2 saturated heterocycles. The highest BCUT2D eigenvalue weighted by molar-refractivity contribution is 7.48. The molecule has 0 bridgehead atoms. The van der Waals surface area contributed by atoms with Crippen LogP contribution in [0, 0.1) is 0 Å². The van der Waals surface area contributed by atoms with Gasteiger partial charge in [-0.05, 0) is 51.9 Å².